The molecule has 1 fully saturated rings. The third-order valence-corrected chi connectivity index (χ3v) is 3.15. The molecular formula is C12H23NO3. The SMILES string of the molecule is COC(=O)C(C)(C)COC1CNCCC1C. The molecule has 0 aromatic carbocycles. The summed E-state index contributed by atoms with van der Waals surface area (Å²) in [4.78, 5) is 11.5. The highest BCUT2D eigenvalue weighted by Crippen LogP contribution is 2.21. The maximum absolute atomic E-state index is 11.5. The van der Waals surface area contributed by atoms with Crippen molar-refractivity contribution in [2.45, 2.75) is 33.3 Å². The largest absolute Gasteiger partial charge is 0.469 e. The lowest BCUT2D eigenvalue weighted by Crippen LogP contribution is -2.43. The van der Waals surface area contributed by atoms with Gasteiger partial charge in [0.25, 0.3) is 0 Å². The molecule has 2 atom stereocenters. The second kappa shape index (κ2) is 5.64. The van der Waals surface area contributed by atoms with E-state index in [9.17, 15) is 4.79 Å². The van der Waals surface area contributed by atoms with Crippen LogP contribution in [0.5, 0.6) is 0 Å². The molecule has 1 aliphatic rings. The molecule has 1 saturated heterocycles. The summed E-state index contributed by atoms with van der Waals surface area (Å²) < 4.78 is 10.6. The van der Waals surface area contributed by atoms with E-state index >= 15 is 0 Å². The number of esters is 1. The number of carbonyl (C=O) groups is 1. The summed E-state index contributed by atoms with van der Waals surface area (Å²) >= 11 is 0. The average molecular weight is 229 g/mol. The number of carbonyl (C=O) groups excluding carboxylic acids is 1. The van der Waals surface area contributed by atoms with Gasteiger partial charge in [-0.1, -0.05) is 6.92 Å². The Balaban J connectivity index is 2.40. The summed E-state index contributed by atoms with van der Waals surface area (Å²) in [5, 5.41) is 3.30. The first kappa shape index (κ1) is 13.5. The lowest BCUT2D eigenvalue weighted by atomic mass is 9.93. The fourth-order valence-corrected chi connectivity index (χ4v) is 1.83. The zero-order chi connectivity index (χ0) is 12.2. The van der Waals surface area contributed by atoms with Gasteiger partial charge in [0.2, 0.25) is 0 Å². The number of nitrogens with one attached hydrogen (secondary N) is 1. The van der Waals surface area contributed by atoms with Crippen molar-refractivity contribution in [3.63, 3.8) is 0 Å². The molecule has 0 radical (unpaired) electrons. The Kier molecular flexibility index (Phi) is 4.74. The Morgan fingerprint density at radius 1 is 1.50 bits per heavy atom. The Labute approximate surface area is 97.7 Å². The van der Waals surface area contributed by atoms with Crippen molar-refractivity contribution in [3.8, 4) is 0 Å². The highest BCUT2D eigenvalue weighted by atomic mass is 16.5. The fourth-order valence-electron chi connectivity index (χ4n) is 1.83. The summed E-state index contributed by atoms with van der Waals surface area (Å²) in [5.41, 5.74) is -0.564. The molecular weight excluding hydrogens is 206 g/mol. The van der Waals surface area contributed by atoms with Crippen LogP contribution >= 0.6 is 0 Å². The molecule has 4 heteroatoms. The summed E-state index contributed by atoms with van der Waals surface area (Å²) in [6.45, 7) is 8.23. The van der Waals surface area contributed by atoms with Crippen molar-refractivity contribution in [1.82, 2.24) is 5.32 Å². The third kappa shape index (κ3) is 3.46. The average Bonchev–Trinajstić information content (AvgIpc) is 2.27. The van der Waals surface area contributed by atoms with Crippen LogP contribution in [0.4, 0.5) is 0 Å². The Morgan fingerprint density at radius 2 is 2.19 bits per heavy atom. The van der Waals surface area contributed by atoms with Gasteiger partial charge in [0.1, 0.15) is 0 Å². The predicted octanol–water partition coefficient (Wildman–Crippen LogP) is 1.20. The van der Waals surface area contributed by atoms with Gasteiger partial charge in [-0.3, -0.25) is 4.79 Å². The molecule has 16 heavy (non-hydrogen) atoms. The number of hydrogen-bond acceptors (Lipinski definition) is 4. The van der Waals surface area contributed by atoms with Gasteiger partial charge in [-0.2, -0.15) is 0 Å². The smallest absolute Gasteiger partial charge is 0.313 e. The molecule has 0 aliphatic carbocycles. The van der Waals surface area contributed by atoms with E-state index in [1.807, 2.05) is 13.8 Å². The molecule has 1 heterocycles. The molecule has 0 saturated carbocycles. The lowest BCUT2D eigenvalue weighted by molar-refractivity contribution is -0.156. The quantitative estimate of drug-likeness (QED) is 0.736. The topological polar surface area (TPSA) is 47.6 Å². The van der Waals surface area contributed by atoms with E-state index in [0.717, 1.165) is 19.5 Å². The van der Waals surface area contributed by atoms with E-state index in [2.05, 4.69) is 12.2 Å². The number of hydrogen-bond donors (Lipinski definition) is 1. The molecule has 0 aromatic heterocycles. The maximum atomic E-state index is 11.5. The van der Waals surface area contributed by atoms with Gasteiger partial charge < -0.3 is 14.8 Å². The molecule has 0 aromatic rings. The number of piperidine rings is 1. The Hall–Kier alpha value is -0.610. The van der Waals surface area contributed by atoms with Gasteiger partial charge in [-0.15, -0.1) is 0 Å². The van der Waals surface area contributed by atoms with E-state index in [-0.39, 0.29) is 12.1 Å². The lowest BCUT2D eigenvalue weighted by Gasteiger charge is -2.32. The highest BCUT2D eigenvalue weighted by molar-refractivity contribution is 5.75. The zero-order valence-electron chi connectivity index (χ0n) is 10.7. The Morgan fingerprint density at radius 3 is 2.75 bits per heavy atom. The van der Waals surface area contributed by atoms with Crippen molar-refractivity contribution < 1.29 is 14.3 Å². The number of methoxy groups -OCH3 is 1. The molecule has 1 N–H and O–H groups in total. The van der Waals surface area contributed by atoms with Crippen LogP contribution in [0.3, 0.4) is 0 Å². The number of ether oxygens (including phenoxy) is 2. The normalized spacial score (nSPS) is 26.5. The van der Waals surface area contributed by atoms with Crippen LogP contribution in [0, 0.1) is 11.3 Å². The van der Waals surface area contributed by atoms with Crippen molar-refractivity contribution in [3.05, 3.63) is 0 Å². The van der Waals surface area contributed by atoms with E-state index < -0.39 is 5.41 Å². The van der Waals surface area contributed by atoms with Crippen LogP contribution in [-0.2, 0) is 14.3 Å². The molecule has 94 valence electrons. The standard InChI is InChI=1S/C12H23NO3/c1-9-5-6-13-7-10(9)16-8-12(2,3)11(14)15-4/h9-10,13H,5-8H2,1-4H3. The van der Waals surface area contributed by atoms with Crippen molar-refractivity contribution in [1.29, 1.82) is 0 Å². The molecule has 1 rings (SSSR count). The van der Waals surface area contributed by atoms with E-state index in [1.165, 1.54) is 7.11 Å². The minimum absolute atomic E-state index is 0.206. The van der Waals surface area contributed by atoms with Crippen LogP contribution in [0.1, 0.15) is 27.2 Å². The first-order chi connectivity index (χ1) is 7.47. The highest BCUT2D eigenvalue weighted by Gasteiger charge is 2.31. The third-order valence-electron chi connectivity index (χ3n) is 3.15. The predicted molar refractivity (Wildman–Crippen MR) is 62.2 cm³/mol. The van der Waals surface area contributed by atoms with Gasteiger partial charge in [-0.05, 0) is 32.7 Å². The van der Waals surface area contributed by atoms with Gasteiger partial charge in [-0.25, -0.2) is 0 Å². The molecule has 2 unspecified atom stereocenters. The van der Waals surface area contributed by atoms with E-state index in [0.29, 0.717) is 12.5 Å². The monoisotopic (exact) mass is 229 g/mol. The molecule has 0 amide bonds. The van der Waals surface area contributed by atoms with Crippen LogP contribution < -0.4 is 5.32 Å². The fraction of sp³-hybridized carbons (Fsp3) is 0.917. The summed E-state index contributed by atoms with van der Waals surface area (Å²) in [6.07, 6.45) is 1.33. The minimum atomic E-state index is -0.564. The first-order valence-corrected chi connectivity index (χ1v) is 5.88. The van der Waals surface area contributed by atoms with Crippen LogP contribution in [0.15, 0.2) is 0 Å². The maximum Gasteiger partial charge on any atom is 0.313 e. The molecule has 0 bridgehead atoms. The number of rotatable bonds is 4. The van der Waals surface area contributed by atoms with Gasteiger partial charge in [0, 0.05) is 6.54 Å². The van der Waals surface area contributed by atoms with Crippen molar-refractivity contribution in [2.75, 3.05) is 26.8 Å². The molecule has 4 nitrogen and oxygen atoms in total. The molecule has 1 aliphatic heterocycles. The Bertz CT molecular complexity index is 240. The van der Waals surface area contributed by atoms with Crippen LogP contribution in [0.2, 0.25) is 0 Å². The first-order valence-electron chi connectivity index (χ1n) is 5.88. The molecule has 0 spiro atoms. The van der Waals surface area contributed by atoms with Gasteiger partial charge in [0.05, 0.1) is 25.2 Å². The summed E-state index contributed by atoms with van der Waals surface area (Å²) in [5.74, 6) is 0.332. The van der Waals surface area contributed by atoms with Gasteiger partial charge >= 0.3 is 5.97 Å². The summed E-state index contributed by atoms with van der Waals surface area (Å²) in [6, 6.07) is 0. The van der Waals surface area contributed by atoms with Crippen molar-refractivity contribution >= 4 is 5.97 Å². The second-order valence-corrected chi connectivity index (χ2v) is 5.20. The van der Waals surface area contributed by atoms with E-state index in [1.54, 1.807) is 0 Å². The van der Waals surface area contributed by atoms with Crippen LogP contribution in [0.25, 0.3) is 0 Å². The van der Waals surface area contributed by atoms with E-state index in [4.69, 9.17) is 9.47 Å². The van der Waals surface area contributed by atoms with Crippen molar-refractivity contribution in [2.24, 2.45) is 11.3 Å². The van der Waals surface area contributed by atoms with Crippen LogP contribution in [-0.4, -0.2) is 38.9 Å². The zero-order valence-corrected chi connectivity index (χ0v) is 10.7. The second-order valence-electron chi connectivity index (χ2n) is 5.20. The summed E-state index contributed by atoms with van der Waals surface area (Å²) in [7, 11) is 1.41. The van der Waals surface area contributed by atoms with Gasteiger partial charge in [0.15, 0.2) is 0 Å². The minimum Gasteiger partial charge on any atom is -0.469 e.